The molecule has 1 heterocycles. The molecule has 1 amide bonds. The van der Waals surface area contributed by atoms with Gasteiger partial charge >= 0.3 is 23.7 Å². The van der Waals surface area contributed by atoms with Crippen molar-refractivity contribution in [1.82, 2.24) is 4.90 Å². The van der Waals surface area contributed by atoms with E-state index in [0.717, 1.165) is 16.0 Å². The Morgan fingerprint density at radius 2 is 1.45 bits per heavy atom. The molecule has 3 aromatic carbocycles. The van der Waals surface area contributed by atoms with Crippen molar-refractivity contribution in [2.45, 2.75) is 43.6 Å². The van der Waals surface area contributed by atoms with E-state index in [4.69, 9.17) is 14.2 Å². The molecule has 1 aliphatic rings. The molecule has 0 radical (unpaired) electrons. The number of aliphatic carboxylic acids is 3. The minimum atomic E-state index is -3.06. The number of benzene rings is 3. The van der Waals surface area contributed by atoms with E-state index >= 15 is 0 Å². The number of hydrogen-bond acceptors (Lipinski definition) is 7. The van der Waals surface area contributed by atoms with Crippen molar-refractivity contribution in [2.24, 2.45) is 0 Å². The molecule has 220 valence electrons. The largest absolute Gasteiger partial charge is 0.480 e. The Labute approximate surface area is 241 Å². The van der Waals surface area contributed by atoms with Crippen LogP contribution in [0.25, 0.3) is 0 Å². The maximum atomic E-state index is 13.6. The third-order valence-electron chi connectivity index (χ3n) is 7.12. The molecule has 1 fully saturated rings. The fraction of sp³-hybridized carbons (Fsp3) is 0.290. The van der Waals surface area contributed by atoms with Gasteiger partial charge in [0.25, 0.3) is 5.91 Å². The highest BCUT2D eigenvalue weighted by Gasteiger charge is 2.58. The Bertz CT molecular complexity index is 1380. The number of hydrogen-bond donors (Lipinski definition) is 3. The Morgan fingerprint density at radius 3 is 2.00 bits per heavy atom. The maximum absolute atomic E-state index is 13.6. The fourth-order valence-electron chi connectivity index (χ4n) is 4.93. The van der Waals surface area contributed by atoms with Crippen LogP contribution in [0.3, 0.4) is 0 Å². The summed E-state index contributed by atoms with van der Waals surface area (Å²) in [7, 11) is 0. The number of carbonyl (C=O) groups is 4. The second-order valence-electron chi connectivity index (χ2n) is 9.86. The van der Waals surface area contributed by atoms with Crippen LogP contribution in [0.4, 0.5) is 0 Å². The SMILES string of the molecule is C[C@H]([C@H](CCc1ccccc1)c1ccc(Oc2ccccc2)cc1)N(CC(=O)O)C(=O)C1COC(C(=O)O)(C(=O)O)O1. The molecular formula is C31H31NO10. The quantitative estimate of drug-likeness (QED) is 0.255. The Balaban J connectivity index is 1.61. The highest BCUT2D eigenvalue weighted by molar-refractivity contribution is 6.01. The number of carboxylic acid groups (broad SMARTS) is 3. The van der Waals surface area contributed by atoms with Gasteiger partial charge in [0.05, 0.1) is 6.61 Å². The predicted molar refractivity (Wildman–Crippen MR) is 148 cm³/mol. The molecule has 1 unspecified atom stereocenters. The number of carbonyl (C=O) groups excluding carboxylic acids is 1. The summed E-state index contributed by atoms with van der Waals surface area (Å²) in [5.74, 6) is -8.22. The molecule has 0 saturated carbocycles. The second kappa shape index (κ2) is 13.3. The van der Waals surface area contributed by atoms with Gasteiger partial charge in [-0.1, -0.05) is 60.7 Å². The summed E-state index contributed by atoms with van der Waals surface area (Å²) in [5.41, 5.74) is 1.87. The van der Waals surface area contributed by atoms with Gasteiger partial charge in [0.15, 0.2) is 6.10 Å². The first-order valence-electron chi connectivity index (χ1n) is 13.3. The Hall–Kier alpha value is -4.74. The minimum Gasteiger partial charge on any atom is -0.480 e. The van der Waals surface area contributed by atoms with Crippen molar-refractivity contribution in [3.63, 3.8) is 0 Å². The zero-order valence-electron chi connectivity index (χ0n) is 22.8. The lowest BCUT2D eigenvalue weighted by Gasteiger charge is -2.35. The summed E-state index contributed by atoms with van der Waals surface area (Å²) in [6.07, 6.45) is -0.475. The van der Waals surface area contributed by atoms with Crippen molar-refractivity contribution < 1.29 is 48.7 Å². The zero-order chi connectivity index (χ0) is 30.3. The molecule has 3 aromatic rings. The van der Waals surface area contributed by atoms with E-state index in [-0.39, 0.29) is 5.92 Å². The van der Waals surface area contributed by atoms with Gasteiger partial charge in [0.1, 0.15) is 18.0 Å². The molecule has 11 heteroatoms. The smallest absolute Gasteiger partial charge is 0.377 e. The Kier molecular flexibility index (Phi) is 9.56. The number of nitrogens with zero attached hydrogens (tertiary/aromatic N) is 1. The zero-order valence-corrected chi connectivity index (χ0v) is 22.8. The van der Waals surface area contributed by atoms with Gasteiger partial charge in [0.2, 0.25) is 0 Å². The predicted octanol–water partition coefficient (Wildman–Crippen LogP) is 3.78. The minimum absolute atomic E-state index is 0.370. The normalized spacial score (nSPS) is 17.1. The summed E-state index contributed by atoms with van der Waals surface area (Å²) in [6.45, 7) is 0.312. The molecule has 4 rings (SSSR count). The number of aryl methyl sites for hydroxylation is 1. The van der Waals surface area contributed by atoms with Crippen LogP contribution >= 0.6 is 0 Å². The molecule has 3 N–H and O–H groups in total. The van der Waals surface area contributed by atoms with Gasteiger partial charge in [-0.2, -0.15) is 0 Å². The number of carboxylic acids is 3. The summed E-state index contributed by atoms with van der Waals surface area (Å²) < 4.78 is 15.9. The monoisotopic (exact) mass is 577 g/mol. The van der Waals surface area contributed by atoms with Gasteiger partial charge in [0, 0.05) is 12.0 Å². The van der Waals surface area contributed by atoms with Crippen LogP contribution in [0, 0.1) is 0 Å². The Morgan fingerprint density at radius 1 is 0.881 bits per heavy atom. The van der Waals surface area contributed by atoms with Crippen molar-refractivity contribution >= 4 is 23.8 Å². The summed E-state index contributed by atoms with van der Waals surface area (Å²) >= 11 is 0. The molecule has 1 saturated heterocycles. The van der Waals surface area contributed by atoms with Gasteiger partial charge in [-0.25, -0.2) is 9.59 Å². The lowest BCUT2D eigenvalue weighted by Crippen LogP contribution is -2.52. The summed E-state index contributed by atoms with van der Waals surface area (Å²) in [4.78, 5) is 49.7. The molecular weight excluding hydrogens is 546 g/mol. The van der Waals surface area contributed by atoms with E-state index in [2.05, 4.69) is 0 Å². The fourth-order valence-corrected chi connectivity index (χ4v) is 4.93. The maximum Gasteiger partial charge on any atom is 0.377 e. The number of rotatable bonds is 13. The highest BCUT2D eigenvalue weighted by Crippen LogP contribution is 2.33. The van der Waals surface area contributed by atoms with Crippen LogP contribution in [-0.2, 0) is 35.1 Å². The van der Waals surface area contributed by atoms with E-state index in [1.54, 1.807) is 19.1 Å². The molecule has 0 aromatic heterocycles. The average Bonchev–Trinajstić information content (AvgIpc) is 3.45. The molecule has 0 spiro atoms. The van der Waals surface area contributed by atoms with E-state index in [1.807, 2.05) is 72.8 Å². The second-order valence-corrected chi connectivity index (χ2v) is 9.86. The first kappa shape index (κ1) is 30.2. The van der Waals surface area contributed by atoms with E-state index < -0.39 is 54.9 Å². The van der Waals surface area contributed by atoms with Crippen LogP contribution in [0.1, 0.15) is 30.4 Å². The van der Waals surface area contributed by atoms with Crippen molar-refractivity contribution in [3.05, 3.63) is 96.1 Å². The van der Waals surface area contributed by atoms with Crippen molar-refractivity contribution in [1.29, 1.82) is 0 Å². The molecule has 42 heavy (non-hydrogen) atoms. The first-order valence-corrected chi connectivity index (χ1v) is 13.3. The van der Waals surface area contributed by atoms with Crippen LogP contribution < -0.4 is 4.74 Å². The highest BCUT2D eigenvalue weighted by atomic mass is 16.8. The van der Waals surface area contributed by atoms with Crippen LogP contribution in [0.5, 0.6) is 11.5 Å². The van der Waals surface area contributed by atoms with E-state index in [9.17, 15) is 34.5 Å². The number of ether oxygens (including phenoxy) is 3. The average molecular weight is 578 g/mol. The van der Waals surface area contributed by atoms with E-state index in [1.165, 1.54) is 0 Å². The molecule has 3 atom stereocenters. The van der Waals surface area contributed by atoms with Crippen molar-refractivity contribution in [2.75, 3.05) is 13.2 Å². The molecule has 1 aliphatic heterocycles. The van der Waals surface area contributed by atoms with Gasteiger partial charge in [-0.3, -0.25) is 9.59 Å². The van der Waals surface area contributed by atoms with Crippen molar-refractivity contribution in [3.8, 4) is 11.5 Å². The standard InChI is InChI=1S/C31H31NO10/c1-20(32(18-27(33)34)28(35)26-19-40-31(42-26,29(36)37)30(38)39)25(17-12-21-8-4-2-5-9-21)22-13-15-24(16-14-22)41-23-10-6-3-7-11-23/h2-11,13-16,20,25-26H,12,17-19H2,1H3,(H,33,34)(H,36,37)(H,38,39)/t20-,25+,26?/m1/s1. The van der Waals surface area contributed by atoms with Gasteiger partial charge < -0.3 is 34.4 Å². The molecule has 0 aliphatic carbocycles. The van der Waals surface area contributed by atoms with Gasteiger partial charge in [-0.15, -0.1) is 0 Å². The summed E-state index contributed by atoms with van der Waals surface area (Å²) in [6, 6.07) is 25.5. The van der Waals surface area contributed by atoms with E-state index in [0.29, 0.717) is 24.3 Å². The third kappa shape index (κ3) is 6.93. The lowest BCUT2D eigenvalue weighted by atomic mass is 9.85. The van der Waals surface area contributed by atoms with Crippen LogP contribution in [0.15, 0.2) is 84.9 Å². The van der Waals surface area contributed by atoms with Gasteiger partial charge in [-0.05, 0) is 55.2 Å². The van der Waals surface area contributed by atoms with Crippen LogP contribution in [0.2, 0.25) is 0 Å². The molecule has 11 nitrogen and oxygen atoms in total. The number of amides is 1. The molecule has 0 bridgehead atoms. The van der Waals surface area contributed by atoms with Crippen LogP contribution in [-0.4, -0.2) is 75.1 Å². The topological polar surface area (TPSA) is 160 Å². The third-order valence-corrected chi connectivity index (χ3v) is 7.12. The lowest BCUT2D eigenvalue weighted by molar-refractivity contribution is -0.218. The summed E-state index contributed by atoms with van der Waals surface area (Å²) in [5, 5.41) is 28.5. The number of para-hydroxylation sites is 1. The first-order chi connectivity index (χ1) is 20.1.